The molecular formula is C72H83ClN10O24Se. The maximum absolute atomic E-state index is 15.0. The molecule has 7 amide bonds. The van der Waals surface area contributed by atoms with Crippen molar-refractivity contribution in [3.05, 3.63) is 112 Å². The number of hydrogen-bond acceptors (Lipinski definition) is 26. The molecule has 4 aromatic carbocycles. The Morgan fingerprint density at radius 1 is 0.731 bits per heavy atom. The quantitative estimate of drug-likeness (QED) is 0.0125. The van der Waals surface area contributed by atoms with E-state index >= 15 is 0 Å². The summed E-state index contributed by atoms with van der Waals surface area (Å²) in [4.78, 5) is 149. The first-order valence-electron chi connectivity index (χ1n) is 34.6. The number of aliphatic carboxylic acids is 1. The molecule has 6 heterocycles. The van der Waals surface area contributed by atoms with Gasteiger partial charge < -0.3 is 53.1 Å². The van der Waals surface area contributed by atoms with Crippen molar-refractivity contribution in [3.8, 4) is 17.2 Å². The van der Waals surface area contributed by atoms with Crippen molar-refractivity contribution in [2.45, 2.75) is 89.9 Å². The Labute approximate surface area is 630 Å². The standard InChI is InChI=1S/C72H83ClN10O24Se/c1-43(84)102-64-65(103-44(2)85)67(104-45(3)86)70(107-66(64)69(92)93)105-51-9-6-46(7-10-51)42-101-71(94)78(4)21-22-80(40-50-41-81(77-76-50)25-29-99-31-33-100-32-30-97-26-18-74-59(87)17-20-82-61(89)14-15-62(82)90)72(95)106-56-37-55-63(54-36-52(96-5)11-12-53(54)56)48(38-73)39-83(55)68(91)58-35-47-34-49(8-13-57(47)108-58)75-60(88)16-19-79-23-27-98-28-24-79/h6-15,34-37,41,48,64-67,70H,16-33,38-40,42H2,1-5H3,(H,74,87)(H,75,88)(H,92,93)/t48-,64-,65-,66-,67+,70-/m1/s1. The van der Waals surface area contributed by atoms with Crippen LogP contribution in [0.1, 0.15) is 65.6 Å². The van der Waals surface area contributed by atoms with Crippen LogP contribution in [0, 0.1) is 0 Å². The van der Waals surface area contributed by atoms with E-state index in [1.54, 1.807) is 35.4 Å². The van der Waals surface area contributed by atoms with Gasteiger partial charge in [-0.2, -0.15) is 0 Å². The molecule has 6 aromatic rings. The van der Waals surface area contributed by atoms with Gasteiger partial charge in [-0.15, -0.1) is 0 Å². The van der Waals surface area contributed by atoms with E-state index in [1.807, 2.05) is 24.3 Å². The number of likely N-dealkylation sites (N-methyl/N-ethyl adjacent to an activating group) is 1. The van der Waals surface area contributed by atoms with Gasteiger partial charge >= 0.3 is 331 Å². The SMILES string of the molecule is COc1ccc2c(OC(=O)N(CCN(C)C(=O)OCc3ccc(O[C@@H]4O[C@@H](C(=O)O)[C@H](OC(C)=O)[C@@H](OC(C)=O)[C@@H]4OC(C)=O)cc3)Cc3cn(CCOCCOCCOCCNC(=O)CCN4C(=O)C=CC4=O)nn3)cc3c(c2c1)[C@H](CCl)CN3C(=O)c1cc2cc(NC(=O)CCN3CCOCC3)ccc2[se]1. The Morgan fingerprint density at radius 3 is 2.10 bits per heavy atom. The van der Waals surface area contributed by atoms with E-state index in [-0.39, 0.29) is 140 Å². The van der Waals surface area contributed by atoms with Crippen LogP contribution in [0.25, 0.3) is 20.4 Å². The van der Waals surface area contributed by atoms with Crippen molar-refractivity contribution in [2.75, 3.05) is 135 Å². The summed E-state index contributed by atoms with van der Waals surface area (Å²) in [5, 5.41) is 26.3. The fraction of sp³-hybridized carbons (Fsp3) is 0.458. The molecule has 108 heavy (non-hydrogen) atoms. The molecular weight excluding hydrogens is 1500 g/mol. The second kappa shape index (κ2) is 38.6. The third-order valence-electron chi connectivity index (χ3n) is 17.5. The minimum absolute atomic E-state index is 0.0156. The van der Waals surface area contributed by atoms with Crippen molar-refractivity contribution in [1.82, 2.24) is 39.9 Å². The molecule has 3 N–H and O–H groups in total. The number of ether oxygens (including phenoxy) is 12. The number of alkyl halides is 1. The van der Waals surface area contributed by atoms with E-state index < -0.39 is 93.1 Å². The zero-order chi connectivity index (χ0) is 77.0. The van der Waals surface area contributed by atoms with Crippen molar-refractivity contribution in [2.24, 2.45) is 0 Å². The maximum atomic E-state index is 15.0. The summed E-state index contributed by atoms with van der Waals surface area (Å²) in [5.74, 6) is -5.51. The summed E-state index contributed by atoms with van der Waals surface area (Å²) < 4.78 is 70.7. The molecule has 0 saturated carbocycles. The molecule has 4 aliphatic heterocycles. The second-order valence-corrected chi connectivity index (χ2v) is 27.8. The van der Waals surface area contributed by atoms with Crippen LogP contribution in [-0.2, 0) is 101 Å². The van der Waals surface area contributed by atoms with E-state index in [2.05, 4.69) is 25.8 Å². The number of carboxylic acids is 1. The summed E-state index contributed by atoms with van der Waals surface area (Å²) in [6.07, 6.45) is -6.07. The zero-order valence-electron chi connectivity index (χ0n) is 59.9. The Bertz CT molecular complexity index is 4270. The van der Waals surface area contributed by atoms with E-state index in [1.165, 1.54) is 52.9 Å². The molecule has 0 aliphatic carbocycles. The number of benzene rings is 4. The van der Waals surface area contributed by atoms with Gasteiger partial charge in [0.2, 0.25) is 18.3 Å². The first kappa shape index (κ1) is 80.4. The molecule has 0 spiro atoms. The van der Waals surface area contributed by atoms with Crippen LogP contribution in [-0.4, -0.2) is 276 Å². The van der Waals surface area contributed by atoms with Gasteiger partial charge in [-0.1, -0.05) is 17.3 Å². The fourth-order valence-corrected chi connectivity index (χ4v) is 14.5. The van der Waals surface area contributed by atoms with Gasteiger partial charge in [0.15, 0.2) is 18.3 Å². The number of amides is 7. The number of halogens is 1. The number of hydrogen-bond donors (Lipinski definition) is 3. The number of morpholine rings is 1. The fourth-order valence-electron chi connectivity index (χ4n) is 12.1. The third-order valence-corrected chi connectivity index (χ3v) is 20.2. The van der Waals surface area contributed by atoms with Crippen LogP contribution in [0.4, 0.5) is 21.0 Å². The molecule has 34 nitrogen and oxygen atoms in total. The van der Waals surface area contributed by atoms with Crippen LogP contribution in [0.2, 0.25) is 0 Å². The topological polar surface area (TPSA) is 390 Å². The van der Waals surface area contributed by atoms with Crippen molar-refractivity contribution in [3.63, 3.8) is 0 Å². The number of esters is 3. The van der Waals surface area contributed by atoms with Gasteiger partial charge in [0.05, 0.1) is 46.2 Å². The average Bonchev–Trinajstić information content (AvgIpc) is 1.54. The molecule has 0 radical (unpaired) electrons. The monoisotopic (exact) mass is 1590 g/mol. The Balaban J connectivity index is 0.794. The molecule has 6 atom stereocenters. The van der Waals surface area contributed by atoms with Crippen molar-refractivity contribution in [1.29, 1.82) is 0 Å². The number of carbonyl (C=O) groups excluding carboxylic acids is 10. The minimum atomic E-state index is -1.93. The number of nitrogens with zero attached hydrogens (tertiary/aromatic N) is 8. The van der Waals surface area contributed by atoms with Gasteiger partial charge in [-0.3, -0.25) is 33.7 Å². The van der Waals surface area contributed by atoms with E-state index in [0.29, 0.717) is 69.8 Å². The summed E-state index contributed by atoms with van der Waals surface area (Å²) in [7, 11) is 2.99. The Morgan fingerprint density at radius 2 is 1.41 bits per heavy atom. The molecule has 0 unspecified atom stereocenters. The van der Waals surface area contributed by atoms with E-state index in [9.17, 15) is 57.8 Å². The van der Waals surface area contributed by atoms with Crippen LogP contribution >= 0.6 is 11.6 Å². The Kier molecular flexibility index (Phi) is 28.8. The third kappa shape index (κ3) is 21.8. The zero-order valence-corrected chi connectivity index (χ0v) is 62.4. The van der Waals surface area contributed by atoms with Crippen LogP contribution in [0.3, 0.4) is 0 Å². The normalized spacial score (nSPS) is 18.3. The number of imide groups is 1. The molecule has 4 aliphatic rings. The molecule has 578 valence electrons. The summed E-state index contributed by atoms with van der Waals surface area (Å²) >= 11 is 6.34. The average molecular weight is 1590 g/mol. The molecule has 0 bridgehead atoms. The number of aromatic nitrogens is 3. The number of carbonyl (C=O) groups is 11. The summed E-state index contributed by atoms with van der Waals surface area (Å²) in [5.41, 5.74) is 2.63. The molecule has 10 rings (SSSR count). The van der Waals surface area contributed by atoms with Crippen LogP contribution in [0.15, 0.2) is 91.1 Å². The molecule has 2 fully saturated rings. The second-order valence-electron chi connectivity index (χ2n) is 25.2. The van der Waals surface area contributed by atoms with Gasteiger partial charge in [-0.25, -0.2) is 14.3 Å². The number of nitrogens with one attached hydrogen (secondary N) is 2. The van der Waals surface area contributed by atoms with E-state index in [0.717, 1.165) is 66.1 Å². The van der Waals surface area contributed by atoms with Crippen molar-refractivity contribution >= 4 is 123 Å². The number of rotatable bonds is 36. The van der Waals surface area contributed by atoms with E-state index in [4.69, 9.17) is 68.4 Å². The predicted molar refractivity (Wildman–Crippen MR) is 382 cm³/mol. The molecule has 2 aromatic heterocycles. The van der Waals surface area contributed by atoms with Gasteiger partial charge in [0, 0.05) is 59.5 Å². The molecule has 36 heteroatoms. The summed E-state index contributed by atoms with van der Waals surface area (Å²) in [6, 6.07) is 20.3. The van der Waals surface area contributed by atoms with Gasteiger partial charge in [-0.05, 0) is 17.7 Å². The van der Waals surface area contributed by atoms with Crippen LogP contribution < -0.4 is 29.7 Å². The number of carboxylic acid groups (broad SMARTS) is 1. The van der Waals surface area contributed by atoms with Crippen molar-refractivity contribution < 1.29 is 115 Å². The Hall–Kier alpha value is -10.1. The number of anilines is 2. The number of methoxy groups -OCH3 is 1. The van der Waals surface area contributed by atoms with Crippen LogP contribution in [0.5, 0.6) is 17.2 Å². The number of fused-ring (bicyclic) bond motifs is 4. The summed E-state index contributed by atoms with van der Waals surface area (Å²) in [6.45, 7) is 7.89. The predicted octanol–water partition coefficient (Wildman–Crippen LogP) is 4.03. The first-order valence-corrected chi connectivity index (χ1v) is 36.9. The first-order chi connectivity index (χ1) is 52.0. The molecule has 2 saturated heterocycles. The van der Waals surface area contributed by atoms with Gasteiger partial charge in [0.1, 0.15) is 12.4 Å². The van der Waals surface area contributed by atoms with Gasteiger partial charge in [0.25, 0.3) is 11.8 Å².